The Morgan fingerprint density at radius 3 is 2.69 bits per heavy atom. The second kappa shape index (κ2) is 10.4. The number of hydrogen-bond acceptors (Lipinski definition) is 3. The molecule has 26 heavy (non-hydrogen) atoms. The smallest absolute Gasteiger partial charge is 0.193 e. The first-order chi connectivity index (χ1) is 12.6. The Morgan fingerprint density at radius 1 is 1.38 bits per heavy atom. The van der Waals surface area contributed by atoms with Gasteiger partial charge in [0.1, 0.15) is 0 Å². The lowest BCUT2D eigenvalue weighted by atomic mass is 9.93. The summed E-state index contributed by atoms with van der Waals surface area (Å²) in [5.41, 5.74) is 0.890. The first-order valence-corrected chi connectivity index (χ1v) is 9.53. The SMILES string of the molecule is CCN1CCC(CCNC(=NC)N(C)Cc2ccc(OC)c(F)c2)CC1. The van der Waals surface area contributed by atoms with E-state index in [0.29, 0.717) is 6.54 Å². The first kappa shape index (κ1) is 20.5. The first-order valence-electron chi connectivity index (χ1n) is 9.53. The summed E-state index contributed by atoms with van der Waals surface area (Å²) in [5.74, 6) is 1.57. The number of ether oxygens (including phenoxy) is 1. The third-order valence-electron chi connectivity index (χ3n) is 5.20. The monoisotopic (exact) mass is 364 g/mol. The molecule has 1 fully saturated rings. The number of aliphatic imine (C=N–C) groups is 1. The van der Waals surface area contributed by atoms with Gasteiger partial charge in [0.25, 0.3) is 0 Å². The van der Waals surface area contributed by atoms with E-state index >= 15 is 0 Å². The second-order valence-electron chi connectivity index (χ2n) is 6.97. The zero-order valence-corrected chi connectivity index (χ0v) is 16.6. The predicted molar refractivity (Wildman–Crippen MR) is 105 cm³/mol. The number of halogens is 1. The average Bonchev–Trinajstić information content (AvgIpc) is 2.66. The Bertz CT molecular complexity index is 585. The van der Waals surface area contributed by atoms with Crippen molar-refractivity contribution in [2.24, 2.45) is 10.9 Å². The van der Waals surface area contributed by atoms with Gasteiger partial charge in [-0.05, 0) is 62.5 Å². The molecular formula is C20H33FN4O. The highest BCUT2D eigenvalue weighted by Gasteiger charge is 2.18. The summed E-state index contributed by atoms with van der Waals surface area (Å²) in [6, 6.07) is 5.06. The van der Waals surface area contributed by atoms with Gasteiger partial charge in [0.2, 0.25) is 0 Å². The highest BCUT2D eigenvalue weighted by atomic mass is 19.1. The summed E-state index contributed by atoms with van der Waals surface area (Å²) in [5, 5.41) is 3.44. The molecule has 146 valence electrons. The van der Waals surface area contributed by atoms with Crippen molar-refractivity contribution < 1.29 is 9.13 Å². The van der Waals surface area contributed by atoms with E-state index in [1.165, 1.54) is 45.5 Å². The van der Waals surface area contributed by atoms with Crippen molar-refractivity contribution in [1.82, 2.24) is 15.1 Å². The van der Waals surface area contributed by atoms with Gasteiger partial charge in [-0.15, -0.1) is 0 Å². The minimum atomic E-state index is -0.334. The van der Waals surface area contributed by atoms with Crippen LogP contribution < -0.4 is 10.1 Å². The maximum Gasteiger partial charge on any atom is 0.193 e. The summed E-state index contributed by atoms with van der Waals surface area (Å²) >= 11 is 0. The number of hydrogen-bond donors (Lipinski definition) is 1. The van der Waals surface area contributed by atoms with Gasteiger partial charge in [0.05, 0.1) is 7.11 Å². The molecule has 2 rings (SSSR count). The second-order valence-corrected chi connectivity index (χ2v) is 6.97. The lowest BCUT2D eigenvalue weighted by Crippen LogP contribution is -2.40. The minimum absolute atomic E-state index is 0.271. The number of methoxy groups -OCH3 is 1. The summed E-state index contributed by atoms with van der Waals surface area (Å²) in [6.45, 7) is 7.35. The van der Waals surface area contributed by atoms with Crippen LogP contribution in [-0.4, -0.2) is 63.1 Å². The largest absolute Gasteiger partial charge is 0.494 e. The molecule has 1 aromatic rings. The van der Waals surface area contributed by atoms with Crippen LogP contribution in [0.15, 0.2) is 23.2 Å². The zero-order chi connectivity index (χ0) is 18.9. The lowest BCUT2D eigenvalue weighted by Gasteiger charge is -2.31. The predicted octanol–water partition coefficient (Wildman–Crippen LogP) is 2.96. The molecule has 0 amide bonds. The molecule has 5 nitrogen and oxygen atoms in total. The van der Waals surface area contributed by atoms with E-state index in [1.54, 1.807) is 13.1 Å². The maximum atomic E-state index is 13.9. The number of guanidine groups is 1. The normalized spacial score (nSPS) is 16.6. The van der Waals surface area contributed by atoms with Crippen LogP contribution in [0.4, 0.5) is 4.39 Å². The molecule has 0 unspecified atom stereocenters. The van der Waals surface area contributed by atoms with Crippen LogP contribution in [0.3, 0.4) is 0 Å². The lowest BCUT2D eigenvalue weighted by molar-refractivity contribution is 0.187. The van der Waals surface area contributed by atoms with Crippen LogP contribution in [0, 0.1) is 11.7 Å². The van der Waals surface area contributed by atoms with Gasteiger partial charge in [-0.25, -0.2) is 4.39 Å². The number of rotatable bonds is 7. The van der Waals surface area contributed by atoms with E-state index in [0.717, 1.165) is 30.5 Å². The van der Waals surface area contributed by atoms with Gasteiger partial charge < -0.3 is 19.9 Å². The Hall–Kier alpha value is -1.82. The molecule has 1 aliphatic heterocycles. The number of likely N-dealkylation sites (tertiary alicyclic amines) is 1. The Morgan fingerprint density at radius 2 is 2.12 bits per heavy atom. The fourth-order valence-corrected chi connectivity index (χ4v) is 3.52. The molecular weight excluding hydrogens is 331 g/mol. The molecule has 0 spiro atoms. The molecule has 0 aliphatic carbocycles. The molecule has 1 N–H and O–H groups in total. The molecule has 1 aliphatic rings. The zero-order valence-electron chi connectivity index (χ0n) is 16.6. The third kappa shape index (κ3) is 5.87. The van der Waals surface area contributed by atoms with Crippen molar-refractivity contribution >= 4 is 5.96 Å². The highest BCUT2D eigenvalue weighted by Crippen LogP contribution is 2.20. The highest BCUT2D eigenvalue weighted by molar-refractivity contribution is 5.79. The summed E-state index contributed by atoms with van der Waals surface area (Å²) < 4.78 is 18.8. The number of piperidine rings is 1. The van der Waals surface area contributed by atoms with E-state index < -0.39 is 0 Å². The van der Waals surface area contributed by atoms with Crippen LogP contribution in [0.1, 0.15) is 31.7 Å². The van der Waals surface area contributed by atoms with E-state index in [-0.39, 0.29) is 11.6 Å². The molecule has 0 atom stereocenters. The summed E-state index contributed by atoms with van der Waals surface area (Å²) in [7, 11) is 5.23. The van der Waals surface area contributed by atoms with Gasteiger partial charge in [0, 0.05) is 27.2 Å². The Kier molecular flexibility index (Phi) is 8.16. The van der Waals surface area contributed by atoms with Gasteiger partial charge in [-0.2, -0.15) is 0 Å². The molecule has 1 saturated heterocycles. The summed E-state index contributed by atoms with van der Waals surface area (Å²) in [6.07, 6.45) is 3.74. The van der Waals surface area contributed by atoms with Gasteiger partial charge in [-0.3, -0.25) is 4.99 Å². The van der Waals surface area contributed by atoms with E-state index in [2.05, 4.69) is 22.1 Å². The van der Waals surface area contributed by atoms with Gasteiger partial charge >= 0.3 is 0 Å². The van der Waals surface area contributed by atoms with Crippen molar-refractivity contribution in [3.63, 3.8) is 0 Å². The molecule has 6 heteroatoms. The van der Waals surface area contributed by atoms with Crippen LogP contribution in [0.25, 0.3) is 0 Å². The molecule has 0 saturated carbocycles. The topological polar surface area (TPSA) is 40.1 Å². The van der Waals surface area contributed by atoms with Crippen molar-refractivity contribution in [3.8, 4) is 5.75 Å². The maximum absolute atomic E-state index is 13.9. The van der Waals surface area contributed by atoms with E-state index in [4.69, 9.17) is 4.74 Å². The fraction of sp³-hybridized carbons (Fsp3) is 0.650. The van der Waals surface area contributed by atoms with E-state index in [9.17, 15) is 4.39 Å². The molecule has 1 aromatic carbocycles. The van der Waals surface area contributed by atoms with E-state index in [1.807, 2.05) is 18.0 Å². The number of nitrogens with one attached hydrogen (secondary N) is 1. The third-order valence-corrected chi connectivity index (χ3v) is 5.20. The Balaban J connectivity index is 1.78. The van der Waals surface area contributed by atoms with Crippen molar-refractivity contribution in [2.45, 2.75) is 32.7 Å². The van der Waals surface area contributed by atoms with Crippen LogP contribution in [0.5, 0.6) is 5.75 Å². The van der Waals surface area contributed by atoms with Gasteiger partial charge in [-0.1, -0.05) is 13.0 Å². The molecule has 1 heterocycles. The molecule has 0 bridgehead atoms. The van der Waals surface area contributed by atoms with Crippen molar-refractivity contribution in [3.05, 3.63) is 29.6 Å². The number of nitrogens with zero attached hydrogens (tertiary/aromatic N) is 3. The fourth-order valence-electron chi connectivity index (χ4n) is 3.52. The van der Waals surface area contributed by atoms with Crippen molar-refractivity contribution in [1.29, 1.82) is 0 Å². The Labute approximate surface area is 157 Å². The summed E-state index contributed by atoms with van der Waals surface area (Å²) in [4.78, 5) is 8.89. The minimum Gasteiger partial charge on any atom is -0.494 e. The average molecular weight is 365 g/mol. The number of benzene rings is 1. The van der Waals surface area contributed by atoms with Crippen LogP contribution in [-0.2, 0) is 6.54 Å². The van der Waals surface area contributed by atoms with Crippen LogP contribution >= 0.6 is 0 Å². The quantitative estimate of drug-likeness (QED) is 0.596. The van der Waals surface area contributed by atoms with Gasteiger partial charge in [0.15, 0.2) is 17.5 Å². The van der Waals surface area contributed by atoms with Crippen molar-refractivity contribution in [2.75, 3.05) is 47.4 Å². The van der Waals surface area contributed by atoms with Crippen LogP contribution in [0.2, 0.25) is 0 Å². The molecule has 0 radical (unpaired) electrons. The molecule has 0 aromatic heterocycles. The standard InChI is InChI=1S/C20H33FN4O/c1-5-25-12-9-16(10-13-25)8-11-23-20(22-2)24(3)15-17-6-7-19(26-4)18(21)14-17/h6-7,14,16H,5,8-13,15H2,1-4H3,(H,22,23).